The molecular formula is C16H11FN2O4. The minimum atomic E-state index is -1.24. The fourth-order valence-electron chi connectivity index (χ4n) is 2.32. The third-order valence-corrected chi connectivity index (χ3v) is 3.35. The van der Waals surface area contributed by atoms with Gasteiger partial charge in [-0.3, -0.25) is 4.40 Å². The van der Waals surface area contributed by atoms with Gasteiger partial charge in [-0.1, -0.05) is 12.1 Å². The van der Waals surface area contributed by atoms with Crippen LogP contribution in [0.3, 0.4) is 0 Å². The molecule has 23 heavy (non-hydrogen) atoms. The molecule has 0 fully saturated rings. The van der Waals surface area contributed by atoms with E-state index < -0.39 is 17.8 Å². The Balaban J connectivity index is 2.28. The number of benzene rings is 1. The highest BCUT2D eigenvalue weighted by molar-refractivity contribution is 5.97. The number of carbonyl (C=O) groups is 2. The van der Waals surface area contributed by atoms with Crippen LogP contribution in [0, 0.1) is 5.82 Å². The minimum Gasteiger partial charge on any atom is -0.476 e. The lowest BCUT2D eigenvalue weighted by molar-refractivity contribution is 0.0599. The number of hydrogen-bond donors (Lipinski definition) is 1. The van der Waals surface area contributed by atoms with Crippen LogP contribution in [0.15, 0.2) is 42.6 Å². The molecule has 116 valence electrons. The smallest absolute Gasteiger partial charge is 0.356 e. The molecule has 3 aromatic rings. The largest absolute Gasteiger partial charge is 0.476 e. The molecule has 0 radical (unpaired) electrons. The standard InChI is InChI=1S/C16H11FN2O4/c1-23-16(22)10-5-6-19-12(8-10)13(15(20)21)18-14(19)9-3-2-4-11(17)7-9/h2-8H,1H3,(H,20,21). The van der Waals surface area contributed by atoms with E-state index in [2.05, 4.69) is 9.72 Å². The summed E-state index contributed by atoms with van der Waals surface area (Å²) in [6, 6.07) is 8.54. The Kier molecular flexibility index (Phi) is 3.53. The number of ether oxygens (including phenoxy) is 1. The normalized spacial score (nSPS) is 10.7. The molecule has 3 rings (SSSR count). The fourth-order valence-corrected chi connectivity index (χ4v) is 2.32. The maximum Gasteiger partial charge on any atom is 0.356 e. The van der Waals surface area contributed by atoms with Crippen molar-refractivity contribution < 1.29 is 23.8 Å². The van der Waals surface area contributed by atoms with Crippen LogP contribution in [0.4, 0.5) is 4.39 Å². The predicted octanol–water partition coefficient (Wildman–Crippen LogP) is 2.63. The summed E-state index contributed by atoms with van der Waals surface area (Å²) in [6.45, 7) is 0. The van der Waals surface area contributed by atoms with Crippen molar-refractivity contribution in [3.05, 3.63) is 59.7 Å². The lowest BCUT2D eigenvalue weighted by Gasteiger charge is -2.03. The first-order valence-electron chi connectivity index (χ1n) is 6.61. The van der Waals surface area contributed by atoms with Gasteiger partial charge in [0, 0.05) is 11.8 Å². The second-order valence-corrected chi connectivity index (χ2v) is 4.76. The fraction of sp³-hybridized carbons (Fsp3) is 0.0625. The number of carboxylic acid groups (broad SMARTS) is 1. The molecule has 0 aliphatic rings. The molecule has 1 N–H and O–H groups in total. The van der Waals surface area contributed by atoms with Crippen molar-refractivity contribution in [3.8, 4) is 11.4 Å². The van der Waals surface area contributed by atoms with E-state index in [1.807, 2.05) is 0 Å². The van der Waals surface area contributed by atoms with Gasteiger partial charge in [0.2, 0.25) is 0 Å². The predicted molar refractivity (Wildman–Crippen MR) is 78.9 cm³/mol. The van der Waals surface area contributed by atoms with Crippen LogP contribution < -0.4 is 0 Å². The van der Waals surface area contributed by atoms with E-state index in [0.717, 1.165) is 0 Å². The molecule has 0 saturated carbocycles. The summed E-state index contributed by atoms with van der Waals surface area (Å²) in [7, 11) is 1.24. The third kappa shape index (κ3) is 2.52. The second kappa shape index (κ2) is 5.53. The maximum absolute atomic E-state index is 13.4. The topological polar surface area (TPSA) is 80.9 Å². The van der Waals surface area contributed by atoms with Crippen molar-refractivity contribution in [3.63, 3.8) is 0 Å². The number of fused-ring (bicyclic) bond motifs is 1. The summed E-state index contributed by atoms with van der Waals surface area (Å²) in [6.07, 6.45) is 1.50. The van der Waals surface area contributed by atoms with Crippen LogP contribution in [0.1, 0.15) is 20.8 Å². The SMILES string of the molecule is COC(=O)c1ccn2c(-c3cccc(F)c3)nc(C(=O)O)c2c1. The summed E-state index contributed by atoms with van der Waals surface area (Å²) in [5, 5.41) is 9.32. The summed E-state index contributed by atoms with van der Waals surface area (Å²) in [5.74, 6) is -2.01. The van der Waals surface area contributed by atoms with Crippen molar-refractivity contribution in [2.24, 2.45) is 0 Å². The zero-order chi connectivity index (χ0) is 16.6. The number of halogens is 1. The summed E-state index contributed by atoms with van der Waals surface area (Å²) in [4.78, 5) is 27.1. The van der Waals surface area contributed by atoms with Crippen molar-refractivity contribution in [1.82, 2.24) is 9.38 Å². The zero-order valence-corrected chi connectivity index (χ0v) is 12.0. The number of methoxy groups -OCH3 is 1. The van der Waals surface area contributed by atoms with Gasteiger partial charge in [-0.25, -0.2) is 19.0 Å². The van der Waals surface area contributed by atoms with Crippen LogP contribution in [0.25, 0.3) is 16.9 Å². The lowest BCUT2D eigenvalue weighted by atomic mass is 10.2. The highest BCUT2D eigenvalue weighted by Crippen LogP contribution is 2.24. The average Bonchev–Trinajstić information content (AvgIpc) is 2.93. The van der Waals surface area contributed by atoms with Crippen LogP contribution in [-0.4, -0.2) is 33.5 Å². The van der Waals surface area contributed by atoms with E-state index >= 15 is 0 Å². The molecule has 2 aromatic heterocycles. The summed E-state index contributed by atoms with van der Waals surface area (Å²) in [5.41, 5.74) is 0.626. The van der Waals surface area contributed by atoms with Gasteiger partial charge in [0.25, 0.3) is 0 Å². The number of aromatic nitrogens is 2. The average molecular weight is 314 g/mol. The Hall–Kier alpha value is -3.22. The summed E-state index contributed by atoms with van der Waals surface area (Å²) >= 11 is 0. The number of esters is 1. The van der Waals surface area contributed by atoms with Crippen LogP contribution >= 0.6 is 0 Å². The van der Waals surface area contributed by atoms with Crippen molar-refractivity contribution >= 4 is 17.5 Å². The summed E-state index contributed by atoms with van der Waals surface area (Å²) < 4.78 is 19.5. The highest BCUT2D eigenvalue weighted by Gasteiger charge is 2.19. The molecule has 0 amide bonds. The van der Waals surface area contributed by atoms with E-state index in [4.69, 9.17) is 0 Å². The van der Waals surface area contributed by atoms with Gasteiger partial charge in [-0.15, -0.1) is 0 Å². The molecule has 0 spiro atoms. The Morgan fingerprint density at radius 3 is 2.70 bits per heavy atom. The van der Waals surface area contributed by atoms with Gasteiger partial charge in [0.1, 0.15) is 11.6 Å². The van der Waals surface area contributed by atoms with E-state index in [-0.39, 0.29) is 22.6 Å². The number of nitrogens with zero attached hydrogens (tertiary/aromatic N) is 2. The number of hydrogen-bond acceptors (Lipinski definition) is 4. The number of imidazole rings is 1. The first-order valence-corrected chi connectivity index (χ1v) is 6.61. The maximum atomic E-state index is 13.4. The molecule has 0 bridgehead atoms. The van der Waals surface area contributed by atoms with Gasteiger partial charge in [0.15, 0.2) is 5.69 Å². The zero-order valence-electron chi connectivity index (χ0n) is 12.0. The first-order chi connectivity index (χ1) is 11.0. The Morgan fingerprint density at radius 2 is 2.04 bits per heavy atom. The van der Waals surface area contributed by atoms with Crippen LogP contribution in [0.2, 0.25) is 0 Å². The Labute approximate surface area is 129 Å². The van der Waals surface area contributed by atoms with Gasteiger partial charge in [-0.2, -0.15) is 0 Å². The monoisotopic (exact) mass is 314 g/mol. The van der Waals surface area contributed by atoms with Gasteiger partial charge in [-0.05, 0) is 24.3 Å². The molecule has 2 heterocycles. The van der Waals surface area contributed by atoms with Crippen molar-refractivity contribution in [2.75, 3.05) is 7.11 Å². The van der Waals surface area contributed by atoms with Crippen LogP contribution in [-0.2, 0) is 4.74 Å². The van der Waals surface area contributed by atoms with E-state index in [1.54, 1.807) is 6.07 Å². The Morgan fingerprint density at radius 1 is 1.26 bits per heavy atom. The molecule has 0 unspecified atom stereocenters. The van der Waals surface area contributed by atoms with E-state index in [0.29, 0.717) is 5.56 Å². The van der Waals surface area contributed by atoms with Crippen molar-refractivity contribution in [1.29, 1.82) is 0 Å². The van der Waals surface area contributed by atoms with Gasteiger partial charge < -0.3 is 9.84 Å². The number of aromatic carboxylic acids is 1. The molecule has 7 heteroatoms. The molecule has 0 saturated heterocycles. The van der Waals surface area contributed by atoms with Crippen molar-refractivity contribution in [2.45, 2.75) is 0 Å². The number of rotatable bonds is 3. The van der Waals surface area contributed by atoms with E-state index in [1.165, 1.54) is 48.0 Å². The number of pyridine rings is 1. The molecule has 1 aromatic carbocycles. The number of carbonyl (C=O) groups excluding carboxylic acids is 1. The first kappa shape index (κ1) is 14.7. The molecule has 0 atom stereocenters. The molecule has 0 aliphatic carbocycles. The highest BCUT2D eigenvalue weighted by atomic mass is 19.1. The number of carboxylic acids is 1. The van der Waals surface area contributed by atoms with Crippen LogP contribution in [0.5, 0.6) is 0 Å². The molecular weight excluding hydrogens is 303 g/mol. The second-order valence-electron chi connectivity index (χ2n) is 4.76. The third-order valence-electron chi connectivity index (χ3n) is 3.35. The quantitative estimate of drug-likeness (QED) is 0.752. The van der Waals surface area contributed by atoms with Gasteiger partial charge in [0.05, 0.1) is 18.2 Å². The Bertz CT molecular complexity index is 933. The van der Waals surface area contributed by atoms with E-state index in [9.17, 15) is 19.1 Å². The molecule has 0 aliphatic heterocycles. The minimum absolute atomic E-state index is 0.202. The van der Waals surface area contributed by atoms with Gasteiger partial charge >= 0.3 is 11.9 Å². The lowest BCUT2D eigenvalue weighted by Crippen LogP contribution is -2.03. The molecule has 6 nitrogen and oxygen atoms in total.